The van der Waals surface area contributed by atoms with E-state index in [1.807, 2.05) is 18.4 Å². The summed E-state index contributed by atoms with van der Waals surface area (Å²) in [6.45, 7) is 6.82. The lowest BCUT2D eigenvalue weighted by Gasteiger charge is -2.12. The molecule has 1 N–H and O–H groups in total. The summed E-state index contributed by atoms with van der Waals surface area (Å²) in [5.41, 5.74) is 1.20. The molecular formula is C12H21N3S. The quantitative estimate of drug-likeness (QED) is 0.849. The van der Waals surface area contributed by atoms with Crippen LogP contribution < -0.4 is 5.32 Å². The van der Waals surface area contributed by atoms with Crippen LogP contribution in [-0.4, -0.2) is 36.6 Å². The fraction of sp³-hybridized carbons (Fsp3) is 0.750. The fourth-order valence-corrected chi connectivity index (χ4v) is 3.25. The van der Waals surface area contributed by atoms with Gasteiger partial charge in [-0.2, -0.15) is 0 Å². The smallest absolute Gasteiger partial charge is 0.0944 e. The second-order valence-electron chi connectivity index (χ2n) is 4.45. The van der Waals surface area contributed by atoms with Gasteiger partial charge in [0.1, 0.15) is 0 Å². The summed E-state index contributed by atoms with van der Waals surface area (Å²) in [4.78, 5) is 8.58. The molecule has 1 aromatic heterocycles. The van der Waals surface area contributed by atoms with Crippen LogP contribution in [0.2, 0.25) is 0 Å². The molecule has 0 spiro atoms. The van der Waals surface area contributed by atoms with Crippen LogP contribution in [-0.2, 0) is 13.0 Å². The summed E-state index contributed by atoms with van der Waals surface area (Å²) in [5, 5.41) is 4.50. The molecule has 1 aliphatic rings. The molecule has 3 nitrogen and oxygen atoms in total. The number of likely N-dealkylation sites (tertiary alicyclic amines) is 1. The summed E-state index contributed by atoms with van der Waals surface area (Å²) in [6, 6.07) is 0. The molecule has 0 amide bonds. The molecule has 1 saturated heterocycles. The molecule has 0 atom stereocenters. The molecule has 0 aromatic carbocycles. The molecule has 16 heavy (non-hydrogen) atoms. The first kappa shape index (κ1) is 12.0. The Kier molecular flexibility index (Phi) is 4.32. The van der Waals surface area contributed by atoms with Gasteiger partial charge in [0.2, 0.25) is 0 Å². The van der Waals surface area contributed by atoms with E-state index < -0.39 is 0 Å². The van der Waals surface area contributed by atoms with Gasteiger partial charge in [-0.15, -0.1) is 11.3 Å². The maximum Gasteiger partial charge on any atom is 0.0944 e. The number of aromatic nitrogens is 1. The van der Waals surface area contributed by atoms with Gasteiger partial charge in [0, 0.05) is 24.4 Å². The van der Waals surface area contributed by atoms with Crippen molar-refractivity contribution in [1.82, 2.24) is 15.2 Å². The molecule has 4 heteroatoms. The highest BCUT2D eigenvalue weighted by atomic mass is 32.1. The number of aryl methyl sites for hydroxylation is 1. The van der Waals surface area contributed by atoms with E-state index in [9.17, 15) is 0 Å². The predicted octanol–water partition coefficient (Wildman–Crippen LogP) is 1.81. The minimum absolute atomic E-state index is 0.952. The molecule has 0 unspecified atom stereocenters. The van der Waals surface area contributed by atoms with Crippen molar-refractivity contribution in [3.8, 4) is 0 Å². The van der Waals surface area contributed by atoms with Gasteiger partial charge in [0.25, 0.3) is 0 Å². The Hall–Kier alpha value is -0.450. The Bertz CT molecular complexity index is 329. The van der Waals surface area contributed by atoms with Crippen LogP contribution in [0.5, 0.6) is 0 Å². The molecule has 1 aromatic rings. The maximum absolute atomic E-state index is 4.64. The van der Waals surface area contributed by atoms with Gasteiger partial charge >= 0.3 is 0 Å². The summed E-state index contributed by atoms with van der Waals surface area (Å²) in [5.74, 6) is 0. The van der Waals surface area contributed by atoms with Crippen LogP contribution in [0.4, 0.5) is 0 Å². The molecular weight excluding hydrogens is 218 g/mol. The minimum Gasteiger partial charge on any atom is -0.315 e. The van der Waals surface area contributed by atoms with Crippen molar-refractivity contribution in [2.45, 2.75) is 32.7 Å². The molecule has 0 bridgehead atoms. The van der Waals surface area contributed by atoms with Gasteiger partial charge in [0.05, 0.1) is 10.7 Å². The first-order valence-electron chi connectivity index (χ1n) is 6.11. The molecule has 0 radical (unpaired) electrons. The maximum atomic E-state index is 4.64. The van der Waals surface area contributed by atoms with Gasteiger partial charge in [0.15, 0.2) is 0 Å². The van der Waals surface area contributed by atoms with Gasteiger partial charge in [-0.1, -0.05) is 0 Å². The standard InChI is InChI=1S/C12H21N3S/c1-10-11(9-13-2)16-12(14-10)5-8-15-6-3-4-7-15/h13H,3-9H2,1-2H3. The topological polar surface area (TPSA) is 28.2 Å². The second kappa shape index (κ2) is 5.75. The lowest BCUT2D eigenvalue weighted by atomic mass is 10.4. The Morgan fingerprint density at radius 1 is 1.38 bits per heavy atom. The highest BCUT2D eigenvalue weighted by Crippen LogP contribution is 2.19. The Morgan fingerprint density at radius 3 is 2.81 bits per heavy atom. The van der Waals surface area contributed by atoms with E-state index in [0.717, 1.165) is 13.0 Å². The summed E-state index contributed by atoms with van der Waals surface area (Å²) in [7, 11) is 1.99. The van der Waals surface area contributed by atoms with Crippen molar-refractivity contribution in [3.05, 3.63) is 15.6 Å². The molecule has 2 rings (SSSR count). The van der Waals surface area contributed by atoms with E-state index in [4.69, 9.17) is 0 Å². The van der Waals surface area contributed by atoms with Crippen molar-refractivity contribution in [2.75, 3.05) is 26.7 Å². The predicted molar refractivity (Wildman–Crippen MR) is 69.0 cm³/mol. The SMILES string of the molecule is CNCc1sc(CCN2CCCC2)nc1C. The van der Waals surface area contributed by atoms with Crippen molar-refractivity contribution in [2.24, 2.45) is 0 Å². The highest BCUT2D eigenvalue weighted by Gasteiger charge is 2.13. The minimum atomic E-state index is 0.952. The second-order valence-corrected chi connectivity index (χ2v) is 5.61. The number of rotatable bonds is 5. The zero-order valence-corrected chi connectivity index (χ0v) is 11.1. The zero-order valence-electron chi connectivity index (χ0n) is 10.3. The summed E-state index contributed by atoms with van der Waals surface area (Å²) < 4.78 is 0. The number of nitrogens with one attached hydrogen (secondary N) is 1. The Labute approximate surface area is 102 Å². The Balaban J connectivity index is 1.86. The van der Waals surface area contributed by atoms with Crippen molar-refractivity contribution < 1.29 is 0 Å². The monoisotopic (exact) mass is 239 g/mol. The molecule has 0 saturated carbocycles. The van der Waals surface area contributed by atoms with E-state index >= 15 is 0 Å². The lowest BCUT2D eigenvalue weighted by Crippen LogP contribution is -2.21. The van der Waals surface area contributed by atoms with E-state index in [1.54, 1.807) is 0 Å². The van der Waals surface area contributed by atoms with Gasteiger partial charge in [-0.25, -0.2) is 4.98 Å². The number of hydrogen-bond acceptors (Lipinski definition) is 4. The molecule has 2 heterocycles. The van der Waals surface area contributed by atoms with Crippen molar-refractivity contribution in [3.63, 3.8) is 0 Å². The fourth-order valence-electron chi connectivity index (χ4n) is 2.18. The number of nitrogens with zero attached hydrogens (tertiary/aromatic N) is 2. The van der Waals surface area contributed by atoms with Gasteiger partial charge in [-0.05, 0) is 39.9 Å². The third kappa shape index (κ3) is 3.03. The van der Waals surface area contributed by atoms with E-state index in [1.165, 1.54) is 48.1 Å². The molecule has 90 valence electrons. The molecule has 1 aliphatic heterocycles. The van der Waals surface area contributed by atoms with Gasteiger partial charge in [-0.3, -0.25) is 0 Å². The van der Waals surface area contributed by atoms with Crippen LogP contribution in [0.25, 0.3) is 0 Å². The van der Waals surface area contributed by atoms with Crippen LogP contribution >= 0.6 is 11.3 Å². The highest BCUT2D eigenvalue weighted by molar-refractivity contribution is 7.11. The van der Waals surface area contributed by atoms with Crippen LogP contribution in [0.1, 0.15) is 28.4 Å². The molecule has 0 aliphatic carbocycles. The molecule has 1 fully saturated rings. The zero-order chi connectivity index (χ0) is 11.4. The third-order valence-corrected chi connectivity index (χ3v) is 4.33. The summed E-state index contributed by atoms with van der Waals surface area (Å²) in [6.07, 6.45) is 3.87. The van der Waals surface area contributed by atoms with Crippen molar-refractivity contribution >= 4 is 11.3 Å². The van der Waals surface area contributed by atoms with Crippen LogP contribution in [0.3, 0.4) is 0 Å². The van der Waals surface area contributed by atoms with Crippen LogP contribution in [0, 0.1) is 6.92 Å². The van der Waals surface area contributed by atoms with Gasteiger partial charge < -0.3 is 10.2 Å². The lowest BCUT2D eigenvalue weighted by molar-refractivity contribution is 0.343. The van der Waals surface area contributed by atoms with Crippen molar-refractivity contribution in [1.29, 1.82) is 0 Å². The van der Waals surface area contributed by atoms with E-state index in [-0.39, 0.29) is 0 Å². The normalized spacial score (nSPS) is 17.1. The Morgan fingerprint density at radius 2 is 2.12 bits per heavy atom. The number of hydrogen-bond donors (Lipinski definition) is 1. The average Bonchev–Trinajstić information content (AvgIpc) is 2.87. The summed E-state index contributed by atoms with van der Waals surface area (Å²) >= 11 is 1.87. The van der Waals surface area contributed by atoms with E-state index in [0.29, 0.717) is 0 Å². The van der Waals surface area contributed by atoms with E-state index in [2.05, 4.69) is 22.1 Å². The number of thiazole rings is 1. The first-order valence-corrected chi connectivity index (χ1v) is 6.93. The first-order chi connectivity index (χ1) is 7.79. The average molecular weight is 239 g/mol. The largest absolute Gasteiger partial charge is 0.315 e. The third-order valence-electron chi connectivity index (χ3n) is 3.11. The van der Waals surface area contributed by atoms with Crippen LogP contribution in [0.15, 0.2) is 0 Å².